The van der Waals surface area contributed by atoms with Crippen LogP contribution >= 0.6 is 11.8 Å². The third-order valence-electron chi connectivity index (χ3n) is 2.83. The molecule has 1 aromatic carbocycles. The van der Waals surface area contributed by atoms with Gasteiger partial charge >= 0.3 is 0 Å². The summed E-state index contributed by atoms with van der Waals surface area (Å²) in [6.45, 7) is 3.66. The molecule has 0 aliphatic rings. The quantitative estimate of drug-likeness (QED) is 0.637. The summed E-state index contributed by atoms with van der Waals surface area (Å²) in [7, 11) is 1.85. The van der Waals surface area contributed by atoms with Crippen molar-refractivity contribution in [2.45, 2.75) is 24.3 Å². The Balaban J connectivity index is 2.11. The van der Waals surface area contributed by atoms with E-state index in [0.29, 0.717) is 10.7 Å². The Morgan fingerprint density at radius 2 is 1.95 bits per heavy atom. The van der Waals surface area contributed by atoms with Crippen LogP contribution < -0.4 is 0 Å². The predicted octanol–water partition coefficient (Wildman–Crippen LogP) is 2.63. The average molecular weight is 279 g/mol. The Hall–Kier alpha value is -1.69. The molecule has 0 saturated heterocycles. The second-order valence-corrected chi connectivity index (χ2v) is 5.53. The molecule has 2 aromatic rings. The van der Waals surface area contributed by atoms with Gasteiger partial charge in [0.15, 0.2) is 10.9 Å². The van der Waals surface area contributed by atoms with E-state index in [1.54, 1.807) is 6.92 Å². The van der Waals surface area contributed by atoms with Gasteiger partial charge in [-0.15, -0.1) is 10.2 Å². The van der Waals surface area contributed by atoms with Gasteiger partial charge in [0.1, 0.15) is 11.6 Å². The normalized spacial score (nSPS) is 12.4. The minimum atomic E-state index is -0.346. The van der Waals surface area contributed by atoms with Crippen molar-refractivity contribution in [3.63, 3.8) is 0 Å². The molecule has 2 rings (SSSR count). The lowest BCUT2D eigenvalue weighted by molar-refractivity contribution is 0.0994. The maximum Gasteiger partial charge on any atom is 0.191 e. The molecule has 0 radical (unpaired) electrons. The summed E-state index contributed by atoms with van der Waals surface area (Å²) in [6, 6.07) is 5.57. The van der Waals surface area contributed by atoms with Crippen LogP contribution in [0.4, 0.5) is 4.39 Å². The largest absolute Gasteiger partial charge is 0.309 e. The van der Waals surface area contributed by atoms with E-state index < -0.39 is 0 Å². The van der Waals surface area contributed by atoms with Crippen molar-refractivity contribution in [2.24, 2.45) is 7.05 Å². The summed E-state index contributed by atoms with van der Waals surface area (Å²) >= 11 is 1.34. The number of carbonyl (C=O) groups excluding carboxylic acids is 1. The second kappa shape index (κ2) is 5.52. The molecular formula is C13H14FN3OS. The molecule has 1 heterocycles. The molecule has 0 N–H and O–H groups in total. The number of aryl methyl sites for hydroxylation is 1. The van der Waals surface area contributed by atoms with Crippen LogP contribution in [0.2, 0.25) is 0 Å². The highest BCUT2D eigenvalue weighted by atomic mass is 32.2. The van der Waals surface area contributed by atoms with E-state index in [1.165, 1.54) is 36.0 Å². The van der Waals surface area contributed by atoms with Gasteiger partial charge in [0, 0.05) is 12.6 Å². The number of Topliss-reactive ketones (excluding diaryl/α,β-unsaturated/α-hetero) is 1. The highest BCUT2D eigenvalue weighted by Crippen LogP contribution is 2.24. The van der Waals surface area contributed by atoms with Gasteiger partial charge in [0.25, 0.3) is 0 Å². The molecule has 1 unspecified atom stereocenters. The molecule has 0 fully saturated rings. The zero-order valence-corrected chi connectivity index (χ0v) is 11.7. The number of thioether (sulfide) groups is 1. The van der Waals surface area contributed by atoms with Crippen molar-refractivity contribution in [1.29, 1.82) is 0 Å². The van der Waals surface area contributed by atoms with Crippen LogP contribution in [0.1, 0.15) is 23.1 Å². The number of halogens is 1. The Labute approximate surface area is 115 Å². The molecule has 1 aromatic heterocycles. The third-order valence-corrected chi connectivity index (χ3v) is 3.97. The van der Waals surface area contributed by atoms with Crippen LogP contribution in [0.3, 0.4) is 0 Å². The third kappa shape index (κ3) is 3.01. The van der Waals surface area contributed by atoms with Crippen molar-refractivity contribution in [3.05, 3.63) is 41.5 Å². The lowest BCUT2D eigenvalue weighted by Crippen LogP contribution is -2.14. The van der Waals surface area contributed by atoms with E-state index in [1.807, 2.05) is 18.5 Å². The van der Waals surface area contributed by atoms with Crippen LogP contribution in [-0.4, -0.2) is 25.8 Å². The van der Waals surface area contributed by atoms with Crippen LogP contribution in [0.5, 0.6) is 0 Å². The molecule has 0 saturated carbocycles. The predicted molar refractivity (Wildman–Crippen MR) is 71.8 cm³/mol. The van der Waals surface area contributed by atoms with Gasteiger partial charge in [-0.05, 0) is 38.1 Å². The van der Waals surface area contributed by atoms with Crippen molar-refractivity contribution < 1.29 is 9.18 Å². The molecule has 0 aliphatic carbocycles. The van der Waals surface area contributed by atoms with E-state index in [-0.39, 0.29) is 16.9 Å². The Morgan fingerprint density at radius 1 is 1.32 bits per heavy atom. The summed E-state index contributed by atoms with van der Waals surface area (Å²) in [6.07, 6.45) is 0. The highest BCUT2D eigenvalue weighted by Gasteiger charge is 2.19. The van der Waals surface area contributed by atoms with Crippen molar-refractivity contribution in [3.8, 4) is 0 Å². The topological polar surface area (TPSA) is 47.8 Å². The number of ketones is 1. The molecule has 0 spiro atoms. The fourth-order valence-corrected chi connectivity index (χ4v) is 2.49. The molecule has 1 atom stereocenters. The Bertz CT molecular complexity index is 594. The smallest absolute Gasteiger partial charge is 0.191 e. The van der Waals surface area contributed by atoms with Crippen LogP contribution in [0, 0.1) is 12.7 Å². The molecule has 0 bridgehead atoms. The minimum Gasteiger partial charge on any atom is -0.309 e. The van der Waals surface area contributed by atoms with Crippen molar-refractivity contribution in [2.75, 3.05) is 0 Å². The number of hydrogen-bond donors (Lipinski definition) is 0. The first-order valence-corrected chi connectivity index (χ1v) is 6.69. The van der Waals surface area contributed by atoms with Crippen LogP contribution in [0.25, 0.3) is 0 Å². The van der Waals surface area contributed by atoms with E-state index in [4.69, 9.17) is 0 Å². The number of aromatic nitrogens is 3. The Kier molecular flexibility index (Phi) is 3.99. The van der Waals surface area contributed by atoms with Gasteiger partial charge in [-0.3, -0.25) is 4.79 Å². The van der Waals surface area contributed by atoms with Gasteiger partial charge < -0.3 is 4.57 Å². The summed E-state index contributed by atoms with van der Waals surface area (Å²) in [4.78, 5) is 12.2. The van der Waals surface area contributed by atoms with Gasteiger partial charge in [0.05, 0.1) is 5.25 Å². The fraction of sp³-hybridized carbons (Fsp3) is 0.308. The maximum atomic E-state index is 12.8. The van der Waals surface area contributed by atoms with E-state index in [0.717, 1.165) is 5.82 Å². The average Bonchev–Trinajstić information content (AvgIpc) is 2.71. The number of benzene rings is 1. The lowest BCUT2D eigenvalue weighted by atomic mass is 10.1. The first-order chi connectivity index (χ1) is 8.99. The first-order valence-electron chi connectivity index (χ1n) is 5.81. The van der Waals surface area contributed by atoms with Gasteiger partial charge in [-0.1, -0.05) is 11.8 Å². The fourth-order valence-electron chi connectivity index (χ4n) is 1.55. The van der Waals surface area contributed by atoms with Gasteiger partial charge in [-0.2, -0.15) is 0 Å². The van der Waals surface area contributed by atoms with Crippen molar-refractivity contribution >= 4 is 17.5 Å². The minimum absolute atomic E-state index is 0.0503. The number of carbonyl (C=O) groups is 1. The maximum absolute atomic E-state index is 12.8. The number of hydrogen-bond acceptors (Lipinski definition) is 4. The molecule has 6 heteroatoms. The monoisotopic (exact) mass is 279 g/mol. The van der Waals surface area contributed by atoms with E-state index in [2.05, 4.69) is 10.2 Å². The molecule has 4 nitrogen and oxygen atoms in total. The molecule has 0 amide bonds. The zero-order chi connectivity index (χ0) is 14.0. The molecular weight excluding hydrogens is 265 g/mol. The van der Waals surface area contributed by atoms with E-state index in [9.17, 15) is 9.18 Å². The molecule has 100 valence electrons. The highest BCUT2D eigenvalue weighted by molar-refractivity contribution is 8.00. The Morgan fingerprint density at radius 3 is 2.47 bits per heavy atom. The zero-order valence-electron chi connectivity index (χ0n) is 10.9. The summed E-state index contributed by atoms with van der Waals surface area (Å²) in [5.41, 5.74) is 0.500. The summed E-state index contributed by atoms with van der Waals surface area (Å²) in [5, 5.41) is 8.35. The first kappa shape index (κ1) is 13.7. The number of rotatable bonds is 4. The SMILES string of the molecule is Cc1nnc(SC(C)C(=O)c2ccc(F)cc2)n1C. The van der Waals surface area contributed by atoms with Crippen LogP contribution in [0.15, 0.2) is 29.4 Å². The molecule has 19 heavy (non-hydrogen) atoms. The second-order valence-electron chi connectivity index (χ2n) is 4.22. The van der Waals surface area contributed by atoms with Gasteiger partial charge in [-0.25, -0.2) is 4.39 Å². The van der Waals surface area contributed by atoms with E-state index >= 15 is 0 Å². The molecule has 0 aliphatic heterocycles. The summed E-state index contributed by atoms with van der Waals surface area (Å²) in [5.74, 6) is 0.398. The number of nitrogens with zero attached hydrogens (tertiary/aromatic N) is 3. The van der Waals surface area contributed by atoms with Crippen molar-refractivity contribution in [1.82, 2.24) is 14.8 Å². The standard InChI is InChI=1S/C13H14FN3OS/c1-8(19-13-16-15-9(2)17(13)3)12(18)10-4-6-11(14)7-5-10/h4-8H,1-3H3. The lowest BCUT2D eigenvalue weighted by Gasteiger charge is -2.09. The van der Waals surface area contributed by atoms with Crippen LogP contribution in [-0.2, 0) is 7.05 Å². The van der Waals surface area contributed by atoms with Gasteiger partial charge in [0.2, 0.25) is 0 Å². The summed E-state index contributed by atoms with van der Waals surface area (Å²) < 4.78 is 14.6.